The van der Waals surface area contributed by atoms with E-state index in [-0.39, 0.29) is 23.8 Å². The van der Waals surface area contributed by atoms with Crippen LogP contribution in [0.3, 0.4) is 0 Å². The molecule has 1 fully saturated rings. The summed E-state index contributed by atoms with van der Waals surface area (Å²) in [5.41, 5.74) is 0.749. The number of halogens is 2. The zero-order valence-corrected chi connectivity index (χ0v) is 11.5. The van der Waals surface area contributed by atoms with Crippen LogP contribution >= 0.6 is 0 Å². The molecule has 1 aliphatic rings. The Hall–Kier alpha value is -1.00. The zero-order valence-electron chi connectivity index (χ0n) is 11.5. The van der Waals surface area contributed by atoms with Crippen LogP contribution in [-0.2, 0) is 4.74 Å². The molecule has 4 heteroatoms. The molecule has 1 aromatic rings. The second-order valence-electron chi connectivity index (χ2n) is 5.18. The van der Waals surface area contributed by atoms with Gasteiger partial charge in [-0.3, -0.25) is 0 Å². The van der Waals surface area contributed by atoms with Crippen molar-refractivity contribution in [3.8, 4) is 0 Å². The van der Waals surface area contributed by atoms with Crippen molar-refractivity contribution in [3.63, 3.8) is 0 Å². The van der Waals surface area contributed by atoms with Crippen molar-refractivity contribution in [2.45, 2.75) is 44.8 Å². The molecule has 2 atom stereocenters. The van der Waals surface area contributed by atoms with Crippen molar-refractivity contribution in [2.24, 2.45) is 0 Å². The van der Waals surface area contributed by atoms with Gasteiger partial charge in [-0.25, -0.2) is 8.78 Å². The summed E-state index contributed by atoms with van der Waals surface area (Å²) in [5, 5.41) is 3.07. The van der Waals surface area contributed by atoms with E-state index in [1.165, 1.54) is 12.1 Å². The molecule has 0 radical (unpaired) electrons. The Morgan fingerprint density at radius 2 is 2.16 bits per heavy atom. The van der Waals surface area contributed by atoms with E-state index in [0.29, 0.717) is 11.1 Å². The number of hydrogen-bond donors (Lipinski definition) is 1. The Morgan fingerprint density at radius 1 is 1.37 bits per heavy atom. The third kappa shape index (κ3) is 3.51. The Balaban J connectivity index is 2.05. The zero-order chi connectivity index (χ0) is 13.8. The van der Waals surface area contributed by atoms with Crippen LogP contribution in [0.25, 0.3) is 0 Å². The highest BCUT2D eigenvalue weighted by Crippen LogP contribution is 2.27. The summed E-state index contributed by atoms with van der Waals surface area (Å²) in [6.45, 7) is 2.39. The van der Waals surface area contributed by atoms with Crippen LogP contribution in [0.4, 0.5) is 8.78 Å². The molecule has 0 amide bonds. The van der Waals surface area contributed by atoms with Gasteiger partial charge in [0.1, 0.15) is 11.6 Å². The number of rotatable bonds is 5. The van der Waals surface area contributed by atoms with Crippen LogP contribution in [0.15, 0.2) is 12.1 Å². The van der Waals surface area contributed by atoms with E-state index in [9.17, 15) is 8.78 Å². The third-order valence-corrected chi connectivity index (χ3v) is 3.80. The number of nitrogens with one attached hydrogen (secondary N) is 1. The molecule has 1 N–H and O–H groups in total. The van der Waals surface area contributed by atoms with Crippen molar-refractivity contribution in [3.05, 3.63) is 34.9 Å². The highest BCUT2D eigenvalue weighted by atomic mass is 19.1. The highest BCUT2D eigenvalue weighted by molar-refractivity contribution is 5.27. The van der Waals surface area contributed by atoms with Crippen molar-refractivity contribution < 1.29 is 13.5 Å². The molecular formula is C15H21F2NO. The van der Waals surface area contributed by atoms with Crippen LogP contribution in [0.2, 0.25) is 0 Å². The van der Waals surface area contributed by atoms with E-state index in [0.717, 1.165) is 32.3 Å². The summed E-state index contributed by atoms with van der Waals surface area (Å²) in [6, 6.07) is 2.40. The molecule has 19 heavy (non-hydrogen) atoms. The standard InChI is InChI=1S/C15H21F2NO/c1-10-8-14(17)12(9-13(10)16)15(18-2)6-5-11-4-3-7-19-11/h8-9,11,15,18H,3-7H2,1-2H3. The van der Waals surface area contributed by atoms with Gasteiger partial charge in [-0.05, 0) is 57.4 Å². The summed E-state index contributed by atoms with van der Waals surface area (Å²) >= 11 is 0. The van der Waals surface area contributed by atoms with Crippen LogP contribution in [0.1, 0.15) is 42.9 Å². The first kappa shape index (κ1) is 14.4. The van der Waals surface area contributed by atoms with Gasteiger partial charge in [0.15, 0.2) is 0 Å². The topological polar surface area (TPSA) is 21.3 Å². The lowest BCUT2D eigenvalue weighted by Gasteiger charge is -2.19. The highest BCUT2D eigenvalue weighted by Gasteiger charge is 2.20. The Bertz CT molecular complexity index is 430. The molecule has 2 rings (SSSR count). The smallest absolute Gasteiger partial charge is 0.128 e. The fourth-order valence-corrected chi connectivity index (χ4v) is 2.61. The maximum Gasteiger partial charge on any atom is 0.128 e. The molecule has 1 aliphatic heterocycles. The second kappa shape index (κ2) is 6.44. The van der Waals surface area contributed by atoms with E-state index in [4.69, 9.17) is 4.74 Å². The third-order valence-electron chi connectivity index (χ3n) is 3.80. The SMILES string of the molecule is CNC(CCC1CCCO1)c1cc(F)c(C)cc1F. The average molecular weight is 269 g/mol. The summed E-state index contributed by atoms with van der Waals surface area (Å²) in [7, 11) is 1.78. The van der Waals surface area contributed by atoms with Gasteiger partial charge in [0, 0.05) is 18.2 Å². The van der Waals surface area contributed by atoms with E-state index >= 15 is 0 Å². The molecule has 2 unspecified atom stereocenters. The average Bonchev–Trinajstić information content (AvgIpc) is 2.89. The normalized spacial score (nSPS) is 20.7. The summed E-state index contributed by atoms with van der Waals surface area (Å²) in [6.07, 6.45) is 4.07. The van der Waals surface area contributed by atoms with Crippen LogP contribution in [0, 0.1) is 18.6 Å². The summed E-state index contributed by atoms with van der Waals surface area (Å²) in [4.78, 5) is 0. The van der Waals surface area contributed by atoms with Crippen LogP contribution in [-0.4, -0.2) is 19.8 Å². The molecule has 0 bridgehead atoms. The molecule has 2 nitrogen and oxygen atoms in total. The monoisotopic (exact) mass is 269 g/mol. The minimum absolute atomic E-state index is 0.167. The van der Waals surface area contributed by atoms with Gasteiger partial charge in [0.2, 0.25) is 0 Å². The Kier molecular flexibility index (Phi) is 4.88. The fraction of sp³-hybridized carbons (Fsp3) is 0.600. The predicted molar refractivity (Wildman–Crippen MR) is 71.1 cm³/mol. The lowest BCUT2D eigenvalue weighted by molar-refractivity contribution is 0.0997. The van der Waals surface area contributed by atoms with Crippen LogP contribution < -0.4 is 5.32 Å². The molecule has 0 aromatic heterocycles. The molecule has 106 valence electrons. The van der Waals surface area contributed by atoms with Crippen molar-refractivity contribution in [1.29, 1.82) is 0 Å². The number of hydrogen-bond acceptors (Lipinski definition) is 2. The van der Waals surface area contributed by atoms with Crippen molar-refractivity contribution in [1.82, 2.24) is 5.32 Å². The van der Waals surface area contributed by atoms with Gasteiger partial charge >= 0.3 is 0 Å². The van der Waals surface area contributed by atoms with Gasteiger partial charge in [0.05, 0.1) is 6.10 Å². The van der Waals surface area contributed by atoms with E-state index < -0.39 is 0 Å². The fourth-order valence-electron chi connectivity index (χ4n) is 2.61. The first-order chi connectivity index (χ1) is 9.11. The molecule has 0 aliphatic carbocycles. The van der Waals surface area contributed by atoms with Gasteiger partial charge in [-0.1, -0.05) is 0 Å². The molecule has 1 saturated heterocycles. The Morgan fingerprint density at radius 3 is 2.79 bits per heavy atom. The lowest BCUT2D eigenvalue weighted by atomic mass is 9.97. The molecular weight excluding hydrogens is 248 g/mol. The van der Waals surface area contributed by atoms with E-state index in [2.05, 4.69) is 5.32 Å². The number of ether oxygens (including phenoxy) is 1. The van der Waals surface area contributed by atoms with Gasteiger partial charge in [-0.15, -0.1) is 0 Å². The van der Waals surface area contributed by atoms with Crippen LogP contribution in [0.5, 0.6) is 0 Å². The van der Waals surface area contributed by atoms with Crippen molar-refractivity contribution >= 4 is 0 Å². The van der Waals surface area contributed by atoms with E-state index in [1.807, 2.05) is 0 Å². The largest absolute Gasteiger partial charge is 0.378 e. The van der Waals surface area contributed by atoms with E-state index in [1.54, 1.807) is 14.0 Å². The minimum atomic E-state index is -0.353. The lowest BCUT2D eigenvalue weighted by Crippen LogP contribution is -2.20. The Labute approximate surface area is 113 Å². The molecule has 1 aromatic carbocycles. The predicted octanol–water partition coefficient (Wildman–Crippen LogP) is 3.49. The van der Waals surface area contributed by atoms with Gasteiger partial charge in [-0.2, -0.15) is 0 Å². The molecule has 0 saturated carbocycles. The number of benzene rings is 1. The second-order valence-corrected chi connectivity index (χ2v) is 5.18. The quantitative estimate of drug-likeness (QED) is 0.883. The van der Waals surface area contributed by atoms with Crippen molar-refractivity contribution in [2.75, 3.05) is 13.7 Å². The first-order valence-electron chi connectivity index (χ1n) is 6.86. The van der Waals surface area contributed by atoms with Gasteiger partial charge < -0.3 is 10.1 Å². The first-order valence-corrected chi connectivity index (χ1v) is 6.86. The maximum atomic E-state index is 13.9. The summed E-state index contributed by atoms with van der Waals surface area (Å²) in [5.74, 6) is -0.695. The molecule has 0 spiro atoms. The molecule has 1 heterocycles. The summed E-state index contributed by atoms with van der Waals surface area (Å²) < 4.78 is 33.1. The number of aryl methyl sites for hydroxylation is 1. The van der Waals surface area contributed by atoms with Gasteiger partial charge in [0.25, 0.3) is 0 Å². The minimum Gasteiger partial charge on any atom is -0.378 e. The maximum absolute atomic E-state index is 13.9.